The van der Waals surface area contributed by atoms with Gasteiger partial charge in [0.25, 0.3) is 0 Å². The van der Waals surface area contributed by atoms with E-state index in [2.05, 4.69) is 5.32 Å². The zero-order chi connectivity index (χ0) is 15.1. The van der Waals surface area contributed by atoms with Crippen LogP contribution in [0.25, 0.3) is 0 Å². The van der Waals surface area contributed by atoms with E-state index in [1.807, 2.05) is 47.0 Å². The lowest BCUT2D eigenvalue weighted by Crippen LogP contribution is -2.46. The first-order valence-electron chi connectivity index (χ1n) is 7.07. The van der Waals surface area contributed by atoms with Crippen LogP contribution in [0.15, 0.2) is 30.3 Å². The molecule has 21 heavy (non-hydrogen) atoms. The number of nitrogens with zero attached hydrogens (tertiary/aromatic N) is 1. The number of hydrogen-bond acceptors (Lipinski definition) is 3. The van der Waals surface area contributed by atoms with Crippen LogP contribution in [0.4, 0.5) is 4.79 Å². The molecule has 1 fully saturated rings. The Hall–Kier alpha value is -1.69. The molecule has 1 atom stereocenters. The van der Waals surface area contributed by atoms with Gasteiger partial charge in [-0.1, -0.05) is 30.3 Å². The zero-order valence-electron chi connectivity index (χ0n) is 11.8. The third kappa shape index (κ3) is 4.67. The van der Waals surface area contributed by atoms with Crippen LogP contribution in [0, 0.1) is 0 Å². The van der Waals surface area contributed by atoms with E-state index in [0.717, 1.165) is 23.6 Å². The summed E-state index contributed by atoms with van der Waals surface area (Å²) in [4.78, 5) is 24.6. The first-order chi connectivity index (χ1) is 10.2. The number of hydrogen-bond donors (Lipinski definition) is 2. The summed E-state index contributed by atoms with van der Waals surface area (Å²) in [5.74, 6) is 0.999. The number of amides is 2. The molecule has 0 aromatic heterocycles. The number of rotatable bonds is 5. The van der Waals surface area contributed by atoms with Gasteiger partial charge in [-0.2, -0.15) is 11.8 Å². The van der Waals surface area contributed by atoms with Crippen molar-refractivity contribution >= 4 is 23.8 Å². The summed E-state index contributed by atoms with van der Waals surface area (Å²) in [5.41, 5.74) is 1.14. The Kier molecular flexibility index (Phi) is 5.92. The third-order valence-electron chi connectivity index (χ3n) is 3.42. The van der Waals surface area contributed by atoms with Gasteiger partial charge >= 0.3 is 12.0 Å². The van der Waals surface area contributed by atoms with Gasteiger partial charge in [0.1, 0.15) is 0 Å². The smallest absolute Gasteiger partial charge is 0.317 e. The lowest BCUT2D eigenvalue weighted by Gasteiger charge is -2.35. The second-order valence-corrected chi connectivity index (χ2v) is 6.07. The summed E-state index contributed by atoms with van der Waals surface area (Å²) < 4.78 is 0. The monoisotopic (exact) mass is 308 g/mol. The standard InChI is InChI=1S/C15H20N2O3S/c18-14(19)7-4-8-16-15(20)17-9-10-21-11-13(17)12-5-2-1-3-6-12/h1-3,5-6,13H,4,7-11H2,(H,16,20)(H,18,19). The van der Waals surface area contributed by atoms with Crippen LogP contribution >= 0.6 is 11.8 Å². The van der Waals surface area contributed by atoms with Crippen LogP contribution in [0.1, 0.15) is 24.4 Å². The Balaban J connectivity index is 1.92. The van der Waals surface area contributed by atoms with Crippen molar-refractivity contribution < 1.29 is 14.7 Å². The minimum Gasteiger partial charge on any atom is -0.481 e. The van der Waals surface area contributed by atoms with Crippen LogP contribution in [0.3, 0.4) is 0 Å². The van der Waals surface area contributed by atoms with Gasteiger partial charge in [0.15, 0.2) is 0 Å². The zero-order valence-corrected chi connectivity index (χ0v) is 12.6. The highest BCUT2D eigenvalue weighted by atomic mass is 32.2. The molecule has 1 aromatic carbocycles. The molecule has 0 bridgehead atoms. The summed E-state index contributed by atoms with van der Waals surface area (Å²) in [6.07, 6.45) is 0.540. The normalized spacial score (nSPS) is 18.3. The first kappa shape index (κ1) is 15.7. The fourth-order valence-corrected chi connectivity index (χ4v) is 3.42. The third-order valence-corrected chi connectivity index (χ3v) is 4.44. The first-order valence-corrected chi connectivity index (χ1v) is 8.23. The molecule has 0 radical (unpaired) electrons. The fraction of sp³-hybridized carbons (Fsp3) is 0.467. The molecule has 0 saturated carbocycles. The van der Waals surface area contributed by atoms with Gasteiger partial charge in [0.2, 0.25) is 0 Å². The summed E-state index contributed by atoms with van der Waals surface area (Å²) >= 11 is 1.85. The number of carbonyl (C=O) groups is 2. The van der Waals surface area contributed by atoms with Gasteiger partial charge < -0.3 is 15.3 Å². The van der Waals surface area contributed by atoms with E-state index in [4.69, 9.17) is 5.11 Å². The highest BCUT2D eigenvalue weighted by molar-refractivity contribution is 7.99. The minimum atomic E-state index is -0.833. The van der Waals surface area contributed by atoms with E-state index in [-0.39, 0.29) is 18.5 Å². The molecule has 114 valence electrons. The maximum atomic E-state index is 12.3. The number of carboxylic acid groups (broad SMARTS) is 1. The molecule has 1 heterocycles. The molecule has 1 aliphatic rings. The number of thioether (sulfide) groups is 1. The number of carboxylic acids is 1. The maximum absolute atomic E-state index is 12.3. The average Bonchev–Trinajstić information content (AvgIpc) is 2.52. The summed E-state index contributed by atoms with van der Waals surface area (Å²) in [5, 5.41) is 11.4. The van der Waals surface area contributed by atoms with E-state index in [9.17, 15) is 9.59 Å². The van der Waals surface area contributed by atoms with Crippen LogP contribution in [-0.4, -0.2) is 46.6 Å². The SMILES string of the molecule is O=C(O)CCCNC(=O)N1CCSCC1c1ccccc1. The van der Waals surface area contributed by atoms with Crippen LogP contribution in [0.5, 0.6) is 0 Å². The Bertz CT molecular complexity index is 481. The summed E-state index contributed by atoms with van der Waals surface area (Å²) in [6, 6.07) is 10.0. The van der Waals surface area contributed by atoms with Crippen molar-refractivity contribution in [2.45, 2.75) is 18.9 Å². The molecule has 1 saturated heterocycles. The molecular formula is C15H20N2O3S. The second-order valence-electron chi connectivity index (χ2n) is 4.92. The Morgan fingerprint density at radius 2 is 2.10 bits per heavy atom. The number of benzene rings is 1. The Morgan fingerprint density at radius 1 is 1.33 bits per heavy atom. The maximum Gasteiger partial charge on any atom is 0.317 e. The van der Waals surface area contributed by atoms with Gasteiger partial charge in [0.05, 0.1) is 6.04 Å². The molecule has 0 spiro atoms. The summed E-state index contributed by atoms with van der Waals surface area (Å²) in [7, 11) is 0. The average molecular weight is 308 g/mol. The van der Waals surface area contributed by atoms with Gasteiger partial charge in [-0.15, -0.1) is 0 Å². The van der Waals surface area contributed by atoms with E-state index in [1.54, 1.807) is 0 Å². The molecule has 2 N–H and O–H groups in total. The molecule has 1 aliphatic heterocycles. The molecular weight excluding hydrogens is 288 g/mol. The van der Waals surface area contributed by atoms with E-state index in [1.165, 1.54) is 0 Å². The number of urea groups is 1. The second kappa shape index (κ2) is 7.93. The molecule has 0 aliphatic carbocycles. The largest absolute Gasteiger partial charge is 0.481 e. The van der Waals surface area contributed by atoms with Crippen molar-refractivity contribution in [1.29, 1.82) is 0 Å². The predicted molar refractivity (Wildman–Crippen MR) is 83.5 cm³/mol. The molecule has 2 rings (SSSR count). The van der Waals surface area contributed by atoms with Gasteiger partial charge in [0, 0.05) is 31.0 Å². The lowest BCUT2D eigenvalue weighted by molar-refractivity contribution is -0.137. The van der Waals surface area contributed by atoms with E-state index in [0.29, 0.717) is 13.0 Å². The fourth-order valence-electron chi connectivity index (χ4n) is 2.33. The van der Waals surface area contributed by atoms with Gasteiger partial charge in [-0.25, -0.2) is 4.79 Å². The number of carbonyl (C=O) groups excluding carboxylic acids is 1. The van der Waals surface area contributed by atoms with Crippen molar-refractivity contribution in [3.8, 4) is 0 Å². The Labute approximate surface area is 128 Å². The Morgan fingerprint density at radius 3 is 2.81 bits per heavy atom. The summed E-state index contributed by atoms with van der Waals surface area (Å²) in [6.45, 7) is 1.12. The highest BCUT2D eigenvalue weighted by Crippen LogP contribution is 2.29. The number of nitrogens with one attached hydrogen (secondary N) is 1. The van der Waals surface area contributed by atoms with Gasteiger partial charge in [-0.3, -0.25) is 4.79 Å². The lowest BCUT2D eigenvalue weighted by atomic mass is 10.1. The van der Waals surface area contributed by atoms with Crippen molar-refractivity contribution in [2.24, 2.45) is 0 Å². The number of aliphatic carboxylic acids is 1. The molecule has 1 unspecified atom stereocenters. The van der Waals surface area contributed by atoms with Crippen molar-refractivity contribution in [2.75, 3.05) is 24.6 Å². The van der Waals surface area contributed by atoms with Gasteiger partial charge in [-0.05, 0) is 12.0 Å². The van der Waals surface area contributed by atoms with E-state index < -0.39 is 5.97 Å². The molecule has 6 heteroatoms. The van der Waals surface area contributed by atoms with E-state index >= 15 is 0 Å². The van der Waals surface area contributed by atoms with Crippen molar-refractivity contribution in [3.05, 3.63) is 35.9 Å². The topological polar surface area (TPSA) is 69.6 Å². The molecule has 1 aromatic rings. The molecule has 2 amide bonds. The molecule has 5 nitrogen and oxygen atoms in total. The quantitative estimate of drug-likeness (QED) is 0.819. The highest BCUT2D eigenvalue weighted by Gasteiger charge is 2.27. The van der Waals surface area contributed by atoms with Crippen molar-refractivity contribution in [1.82, 2.24) is 10.2 Å². The van der Waals surface area contributed by atoms with Crippen LogP contribution in [0.2, 0.25) is 0 Å². The predicted octanol–water partition coefficient (Wildman–Crippen LogP) is 2.35. The minimum absolute atomic E-state index is 0.0816. The van der Waals surface area contributed by atoms with Crippen LogP contribution in [-0.2, 0) is 4.79 Å². The van der Waals surface area contributed by atoms with Crippen LogP contribution < -0.4 is 5.32 Å². The van der Waals surface area contributed by atoms with Crippen molar-refractivity contribution in [3.63, 3.8) is 0 Å².